The summed E-state index contributed by atoms with van der Waals surface area (Å²) in [5.74, 6) is 4.68. The Hall–Kier alpha value is -1.83. The number of urea groups is 1. The topological polar surface area (TPSA) is 66.5 Å². The van der Waals surface area contributed by atoms with Gasteiger partial charge in [0.15, 0.2) is 0 Å². The molecule has 0 unspecified atom stereocenters. The van der Waals surface area contributed by atoms with E-state index in [0.717, 1.165) is 4.90 Å². The second-order valence-electron chi connectivity index (χ2n) is 3.97. The van der Waals surface area contributed by atoms with Gasteiger partial charge < -0.3 is 0 Å². The monoisotopic (exact) mass is 220 g/mol. The van der Waals surface area contributed by atoms with Crippen LogP contribution >= 0.6 is 0 Å². The summed E-state index contributed by atoms with van der Waals surface area (Å²) < 4.78 is 0. The lowest BCUT2D eigenvalue weighted by molar-refractivity contribution is -0.144. The Balaban J connectivity index is 2.11. The highest BCUT2D eigenvalue weighted by Gasteiger charge is 2.61. The van der Waals surface area contributed by atoms with Gasteiger partial charge in [0.25, 0.3) is 0 Å². The zero-order chi connectivity index (χ0) is 11.8. The maximum atomic E-state index is 11.9. The van der Waals surface area contributed by atoms with Crippen molar-refractivity contribution in [2.24, 2.45) is 5.41 Å². The highest BCUT2D eigenvalue weighted by atomic mass is 16.2. The molecule has 16 heavy (non-hydrogen) atoms. The lowest BCUT2D eigenvalue weighted by atomic mass is 10.0. The van der Waals surface area contributed by atoms with Crippen molar-refractivity contribution in [2.75, 3.05) is 6.54 Å². The molecule has 0 atom stereocenters. The fraction of sp³-hybridized carbons (Fsp3) is 0.545. The van der Waals surface area contributed by atoms with Gasteiger partial charge in [0.05, 0.1) is 0 Å². The van der Waals surface area contributed by atoms with Crippen molar-refractivity contribution in [2.45, 2.75) is 26.2 Å². The highest BCUT2D eigenvalue weighted by molar-refractivity contribution is 6.20. The Morgan fingerprint density at radius 1 is 1.38 bits per heavy atom. The lowest BCUT2D eigenvalue weighted by Crippen LogP contribution is -2.59. The molecule has 0 aromatic rings. The smallest absolute Gasteiger partial charge is 0.277 e. The number of amides is 4. The molecule has 1 saturated carbocycles. The van der Waals surface area contributed by atoms with E-state index in [-0.39, 0.29) is 12.5 Å². The molecule has 0 bridgehead atoms. The van der Waals surface area contributed by atoms with Crippen LogP contribution in [0.4, 0.5) is 4.79 Å². The largest absolute Gasteiger partial charge is 0.330 e. The summed E-state index contributed by atoms with van der Waals surface area (Å²) in [6.45, 7) is 1.95. The number of rotatable bonds is 2. The molecule has 1 spiro atoms. The first-order chi connectivity index (χ1) is 7.62. The van der Waals surface area contributed by atoms with Crippen LogP contribution in [0.2, 0.25) is 0 Å². The van der Waals surface area contributed by atoms with Crippen LogP contribution < -0.4 is 5.32 Å². The Labute approximate surface area is 93.2 Å². The molecule has 2 fully saturated rings. The number of hydrogen-bond donors (Lipinski definition) is 1. The van der Waals surface area contributed by atoms with E-state index in [1.54, 1.807) is 6.92 Å². The molecule has 0 aromatic carbocycles. The molecule has 0 radical (unpaired) electrons. The summed E-state index contributed by atoms with van der Waals surface area (Å²) in [7, 11) is 0. The zero-order valence-electron chi connectivity index (χ0n) is 9.00. The molecule has 1 N–H and O–H groups in total. The van der Waals surface area contributed by atoms with Gasteiger partial charge in [-0.1, -0.05) is 0 Å². The summed E-state index contributed by atoms with van der Waals surface area (Å²) in [5.41, 5.74) is -0.937. The second-order valence-corrected chi connectivity index (χ2v) is 3.97. The van der Waals surface area contributed by atoms with Gasteiger partial charge in [0.1, 0.15) is 5.41 Å². The van der Waals surface area contributed by atoms with Gasteiger partial charge in [-0.05, 0) is 19.8 Å². The maximum Gasteiger partial charge on any atom is 0.330 e. The standard InChI is InChI=1S/C11H12N2O3/c1-2-3-4-7-13-9(15)11(5-6-11)8(14)12-10(13)16/h4-7H2,1H3,(H,12,14,16). The van der Waals surface area contributed by atoms with Gasteiger partial charge in [-0.2, -0.15) is 0 Å². The van der Waals surface area contributed by atoms with E-state index >= 15 is 0 Å². The number of nitrogens with zero attached hydrogens (tertiary/aromatic N) is 1. The van der Waals surface area contributed by atoms with Crippen molar-refractivity contribution in [3.63, 3.8) is 0 Å². The van der Waals surface area contributed by atoms with Gasteiger partial charge in [-0.3, -0.25) is 19.8 Å². The third-order valence-electron chi connectivity index (χ3n) is 2.94. The minimum absolute atomic E-state index is 0.251. The molecule has 1 aliphatic carbocycles. The van der Waals surface area contributed by atoms with E-state index in [1.807, 2.05) is 0 Å². The van der Waals surface area contributed by atoms with E-state index in [0.29, 0.717) is 19.3 Å². The predicted octanol–water partition coefficient (Wildman–Crippen LogP) is 0.258. The Bertz CT molecular complexity index is 426. The first kappa shape index (κ1) is 10.7. The molecule has 0 aromatic heterocycles. The molecule has 5 nitrogen and oxygen atoms in total. The first-order valence-corrected chi connectivity index (χ1v) is 5.19. The highest BCUT2D eigenvalue weighted by Crippen LogP contribution is 2.48. The van der Waals surface area contributed by atoms with Crippen molar-refractivity contribution in [1.29, 1.82) is 0 Å². The van der Waals surface area contributed by atoms with Crippen molar-refractivity contribution >= 4 is 17.8 Å². The molecule has 1 saturated heterocycles. The van der Waals surface area contributed by atoms with Gasteiger partial charge in [0.2, 0.25) is 11.8 Å². The van der Waals surface area contributed by atoms with Gasteiger partial charge >= 0.3 is 6.03 Å². The summed E-state index contributed by atoms with van der Waals surface area (Å²) in [6.07, 6.45) is 1.53. The van der Waals surface area contributed by atoms with E-state index < -0.39 is 17.4 Å². The third-order valence-corrected chi connectivity index (χ3v) is 2.94. The fourth-order valence-electron chi connectivity index (χ4n) is 1.79. The number of imide groups is 2. The summed E-state index contributed by atoms with van der Waals surface area (Å²) >= 11 is 0. The van der Waals surface area contributed by atoms with Gasteiger partial charge in [-0.15, -0.1) is 11.8 Å². The van der Waals surface area contributed by atoms with E-state index in [1.165, 1.54) is 0 Å². The minimum atomic E-state index is -0.937. The first-order valence-electron chi connectivity index (χ1n) is 5.19. The normalized spacial score (nSPS) is 21.6. The molecular formula is C11H12N2O3. The Morgan fingerprint density at radius 3 is 2.62 bits per heavy atom. The van der Waals surface area contributed by atoms with E-state index in [4.69, 9.17) is 0 Å². The molecule has 84 valence electrons. The van der Waals surface area contributed by atoms with Crippen LogP contribution in [0.15, 0.2) is 0 Å². The minimum Gasteiger partial charge on any atom is -0.277 e. The van der Waals surface area contributed by atoms with Crippen molar-refractivity contribution in [3.8, 4) is 11.8 Å². The molecule has 2 rings (SSSR count). The average Bonchev–Trinajstić information content (AvgIpc) is 3.02. The molecule has 2 aliphatic rings. The molecule has 1 aliphatic heterocycles. The second kappa shape index (κ2) is 3.63. The lowest BCUT2D eigenvalue weighted by Gasteiger charge is -2.29. The number of nitrogens with one attached hydrogen (secondary N) is 1. The van der Waals surface area contributed by atoms with Crippen molar-refractivity contribution in [1.82, 2.24) is 10.2 Å². The van der Waals surface area contributed by atoms with Crippen LogP contribution in [0, 0.1) is 17.3 Å². The quantitative estimate of drug-likeness (QED) is 0.536. The van der Waals surface area contributed by atoms with Crippen LogP contribution in [0.5, 0.6) is 0 Å². The van der Waals surface area contributed by atoms with Crippen LogP contribution in [0.3, 0.4) is 0 Å². The predicted molar refractivity (Wildman–Crippen MR) is 55.0 cm³/mol. The van der Waals surface area contributed by atoms with Crippen LogP contribution in [-0.4, -0.2) is 29.3 Å². The van der Waals surface area contributed by atoms with Crippen molar-refractivity contribution in [3.05, 3.63) is 0 Å². The van der Waals surface area contributed by atoms with Crippen LogP contribution in [0.25, 0.3) is 0 Å². The average molecular weight is 220 g/mol. The van der Waals surface area contributed by atoms with Crippen molar-refractivity contribution < 1.29 is 14.4 Å². The van der Waals surface area contributed by atoms with Gasteiger partial charge in [0, 0.05) is 13.0 Å². The SMILES string of the molecule is CC#CCCN1C(=O)NC(=O)C2(CC2)C1=O. The molecular weight excluding hydrogens is 208 g/mol. The van der Waals surface area contributed by atoms with Crippen LogP contribution in [0.1, 0.15) is 26.2 Å². The van der Waals surface area contributed by atoms with E-state index in [2.05, 4.69) is 17.2 Å². The summed E-state index contributed by atoms with van der Waals surface area (Å²) in [5, 5.41) is 2.22. The number of carbonyl (C=O) groups excluding carboxylic acids is 3. The summed E-state index contributed by atoms with van der Waals surface area (Å²) in [6, 6.07) is -0.620. The van der Waals surface area contributed by atoms with Gasteiger partial charge in [-0.25, -0.2) is 4.79 Å². The maximum absolute atomic E-state index is 11.9. The molecule has 5 heteroatoms. The fourth-order valence-corrected chi connectivity index (χ4v) is 1.79. The molecule has 1 heterocycles. The number of hydrogen-bond acceptors (Lipinski definition) is 3. The number of carbonyl (C=O) groups is 3. The number of barbiturate groups is 1. The Morgan fingerprint density at radius 2 is 2.06 bits per heavy atom. The van der Waals surface area contributed by atoms with E-state index in [9.17, 15) is 14.4 Å². The molecule has 4 amide bonds. The third kappa shape index (κ3) is 1.47. The Kier molecular flexibility index (Phi) is 2.43. The zero-order valence-corrected chi connectivity index (χ0v) is 9.00. The van der Waals surface area contributed by atoms with Crippen LogP contribution in [-0.2, 0) is 9.59 Å². The summed E-state index contributed by atoms with van der Waals surface area (Å²) in [4.78, 5) is 35.9.